The third kappa shape index (κ3) is 4.91. The zero-order chi connectivity index (χ0) is 14.3. The van der Waals surface area contributed by atoms with E-state index in [-0.39, 0.29) is 5.91 Å². The molecule has 1 amide bonds. The molecule has 0 aliphatic rings. The van der Waals surface area contributed by atoms with Crippen molar-refractivity contribution in [2.24, 2.45) is 0 Å². The van der Waals surface area contributed by atoms with E-state index < -0.39 is 0 Å². The average Bonchev–Trinajstić information content (AvgIpc) is 2.38. The summed E-state index contributed by atoms with van der Waals surface area (Å²) in [5.41, 5.74) is 3.57. The van der Waals surface area contributed by atoms with Gasteiger partial charge in [-0.2, -0.15) is 0 Å². The lowest BCUT2D eigenvalue weighted by Crippen LogP contribution is -2.28. The highest BCUT2D eigenvalue weighted by molar-refractivity contribution is 5.76. The van der Waals surface area contributed by atoms with Gasteiger partial charge in [-0.05, 0) is 50.1 Å². The number of hydrogen-bond acceptors (Lipinski definition) is 3. The highest BCUT2D eigenvalue weighted by Gasteiger charge is 2.08. The quantitative estimate of drug-likeness (QED) is 0.786. The maximum atomic E-state index is 11.5. The molecule has 0 atom stereocenters. The Morgan fingerprint density at radius 3 is 2.63 bits per heavy atom. The molecule has 0 aromatic heterocycles. The standard InChI is InChI=1S/C15H24N2O2/c1-11-9-12(2)13(14(10-11)19-4)5-8-17-15(18)6-7-16-3/h9-10,16H,5-8H2,1-4H3,(H,17,18). The van der Waals surface area contributed by atoms with Gasteiger partial charge >= 0.3 is 0 Å². The van der Waals surface area contributed by atoms with Crippen molar-refractivity contribution >= 4 is 5.91 Å². The van der Waals surface area contributed by atoms with E-state index in [1.807, 2.05) is 13.1 Å². The van der Waals surface area contributed by atoms with E-state index in [1.54, 1.807) is 7.11 Å². The first kappa shape index (κ1) is 15.5. The van der Waals surface area contributed by atoms with Crippen molar-refractivity contribution in [3.63, 3.8) is 0 Å². The molecule has 1 rings (SSSR count). The summed E-state index contributed by atoms with van der Waals surface area (Å²) in [6.07, 6.45) is 1.31. The number of methoxy groups -OCH3 is 1. The Bertz CT molecular complexity index is 430. The van der Waals surface area contributed by atoms with Crippen molar-refractivity contribution in [3.05, 3.63) is 28.8 Å². The second kappa shape index (κ2) is 7.79. The zero-order valence-electron chi connectivity index (χ0n) is 12.3. The van der Waals surface area contributed by atoms with Gasteiger partial charge in [-0.1, -0.05) is 6.07 Å². The van der Waals surface area contributed by atoms with Crippen LogP contribution in [0, 0.1) is 13.8 Å². The van der Waals surface area contributed by atoms with Crippen LogP contribution in [0.4, 0.5) is 0 Å². The van der Waals surface area contributed by atoms with E-state index in [9.17, 15) is 4.79 Å². The summed E-state index contributed by atoms with van der Waals surface area (Å²) in [4.78, 5) is 11.5. The van der Waals surface area contributed by atoms with Gasteiger partial charge in [-0.15, -0.1) is 0 Å². The van der Waals surface area contributed by atoms with Crippen LogP contribution in [0.5, 0.6) is 5.75 Å². The monoisotopic (exact) mass is 264 g/mol. The van der Waals surface area contributed by atoms with E-state index in [1.165, 1.54) is 16.7 Å². The zero-order valence-corrected chi connectivity index (χ0v) is 12.3. The molecule has 0 saturated heterocycles. The van der Waals surface area contributed by atoms with Gasteiger partial charge in [0, 0.05) is 19.5 Å². The minimum atomic E-state index is 0.0816. The summed E-state index contributed by atoms with van der Waals surface area (Å²) in [6.45, 7) is 5.48. The van der Waals surface area contributed by atoms with E-state index in [0.717, 1.165) is 12.2 Å². The summed E-state index contributed by atoms with van der Waals surface area (Å²) in [7, 11) is 3.52. The highest BCUT2D eigenvalue weighted by atomic mass is 16.5. The average molecular weight is 264 g/mol. The van der Waals surface area contributed by atoms with Crippen LogP contribution >= 0.6 is 0 Å². The van der Waals surface area contributed by atoms with Crippen molar-refractivity contribution in [1.29, 1.82) is 0 Å². The summed E-state index contributed by atoms with van der Waals surface area (Å²) < 4.78 is 5.41. The molecule has 0 saturated carbocycles. The van der Waals surface area contributed by atoms with Gasteiger partial charge in [0.15, 0.2) is 0 Å². The van der Waals surface area contributed by atoms with Gasteiger partial charge in [0.05, 0.1) is 7.11 Å². The fourth-order valence-electron chi connectivity index (χ4n) is 2.11. The molecule has 1 aromatic carbocycles. The molecule has 19 heavy (non-hydrogen) atoms. The molecule has 4 nitrogen and oxygen atoms in total. The number of hydrogen-bond donors (Lipinski definition) is 2. The van der Waals surface area contributed by atoms with Crippen LogP contribution in [0.2, 0.25) is 0 Å². The van der Waals surface area contributed by atoms with Crippen molar-refractivity contribution in [1.82, 2.24) is 10.6 Å². The molecule has 0 fully saturated rings. The first-order valence-corrected chi connectivity index (χ1v) is 6.64. The van der Waals surface area contributed by atoms with Gasteiger partial charge < -0.3 is 15.4 Å². The molecular formula is C15H24N2O2. The molecule has 2 N–H and O–H groups in total. The van der Waals surface area contributed by atoms with Gasteiger partial charge in [0.1, 0.15) is 5.75 Å². The van der Waals surface area contributed by atoms with E-state index in [0.29, 0.717) is 19.5 Å². The maximum absolute atomic E-state index is 11.5. The second-order valence-electron chi connectivity index (χ2n) is 4.72. The van der Waals surface area contributed by atoms with Crippen LogP contribution in [0.25, 0.3) is 0 Å². The van der Waals surface area contributed by atoms with Crippen LogP contribution in [-0.4, -0.2) is 33.2 Å². The summed E-state index contributed by atoms with van der Waals surface area (Å²) in [5.74, 6) is 0.986. The number of carbonyl (C=O) groups excluding carboxylic acids is 1. The van der Waals surface area contributed by atoms with E-state index in [2.05, 4.69) is 30.5 Å². The SMILES string of the molecule is CNCCC(=O)NCCc1c(C)cc(C)cc1OC. The van der Waals surface area contributed by atoms with Gasteiger partial charge in [0.25, 0.3) is 0 Å². The minimum absolute atomic E-state index is 0.0816. The second-order valence-corrected chi connectivity index (χ2v) is 4.72. The molecule has 4 heteroatoms. The number of amides is 1. The summed E-state index contributed by atoms with van der Waals surface area (Å²) in [5, 5.41) is 5.88. The Labute approximate surface area is 115 Å². The summed E-state index contributed by atoms with van der Waals surface area (Å²) in [6, 6.07) is 4.17. The molecule has 106 valence electrons. The largest absolute Gasteiger partial charge is 0.496 e. The number of carbonyl (C=O) groups is 1. The Kier molecular flexibility index (Phi) is 6.36. The molecule has 0 bridgehead atoms. The van der Waals surface area contributed by atoms with Gasteiger partial charge in [-0.25, -0.2) is 0 Å². The van der Waals surface area contributed by atoms with Gasteiger partial charge in [0.2, 0.25) is 5.91 Å². The van der Waals surface area contributed by atoms with Crippen LogP contribution in [0.1, 0.15) is 23.1 Å². The first-order valence-electron chi connectivity index (χ1n) is 6.64. The molecular weight excluding hydrogens is 240 g/mol. The van der Waals surface area contributed by atoms with Crippen LogP contribution < -0.4 is 15.4 Å². The van der Waals surface area contributed by atoms with Crippen molar-refractivity contribution in [2.75, 3.05) is 27.2 Å². The van der Waals surface area contributed by atoms with Crippen LogP contribution in [-0.2, 0) is 11.2 Å². The predicted molar refractivity (Wildman–Crippen MR) is 77.7 cm³/mol. The molecule has 1 aromatic rings. The normalized spacial score (nSPS) is 10.3. The summed E-state index contributed by atoms with van der Waals surface area (Å²) >= 11 is 0. The van der Waals surface area contributed by atoms with E-state index in [4.69, 9.17) is 4.74 Å². The number of nitrogens with one attached hydrogen (secondary N) is 2. The van der Waals surface area contributed by atoms with Crippen LogP contribution in [0.15, 0.2) is 12.1 Å². The van der Waals surface area contributed by atoms with Gasteiger partial charge in [-0.3, -0.25) is 4.79 Å². The number of ether oxygens (including phenoxy) is 1. The third-order valence-electron chi connectivity index (χ3n) is 3.10. The highest BCUT2D eigenvalue weighted by Crippen LogP contribution is 2.24. The Hall–Kier alpha value is -1.55. The lowest BCUT2D eigenvalue weighted by atomic mass is 10.0. The topological polar surface area (TPSA) is 50.4 Å². The lowest BCUT2D eigenvalue weighted by Gasteiger charge is -2.13. The predicted octanol–water partition coefficient (Wildman–Crippen LogP) is 1.58. The molecule has 0 aliphatic heterocycles. The molecule has 0 radical (unpaired) electrons. The Morgan fingerprint density at radius 1 is 1.26 bits per heavy atom. The third-order valence-corrected chi connectivity index (χ3v) is 3.10. The van der Waals surface area contributed by atoms with E-state index >= 15 is 0 Å². The molecule has 0 unspecified atom stereocenters. The smallest absolute Gasteiger partial charge is 0.221 e. The Balaban J connectivity index is 2.55. The fraction of sp³-hybridized carbons (Fsp3) is 0.533. The fourth-order valence-corrected chi connectivity index (χ4v) is 2.11. The molecule has 0 spiro atoms. The van der Waals surface area contributed by atoms with Crippen molar-refractivity contribution < 1.29 is 9.53 Å². The van der Waals surface area contributed by atoms with Crippen molar-refractivity contribution in [2.45, 2.75) is 26.7 Å². The number of rotatable bonds is 7. The van der Waals surface area contributed by atoms with Crippen LogP contribution in [0.3, 0.4) is 0 Å². The number of benzene rings is 1. The Morgan fingerprint density at radius 2 is 2.00 bits per heavy atom. The molecule has 0 heterocycles. The number of aryl methyl sites for hydroxylation is 2. The molecule has 0 aliphatic carbocycles. The maximum Gasteiger partial charge on any atom is 0.221 e. The first-order chi connectivity index (χ1) is 9.08. The lowest BCUT2D eigenvalue weighted by molar-refractivity contribution is -0.120. The minimum Gasteiger partial charge on any atom is -0.496 e. The van der Waals surface area contributed by atoms with Crippen molar-refractivity contribution in [3.8, 4) is 5.75 Å².